The van der Waals surface area contributed by atoms with Gasteiger partial charge in [0.25, 0.3) is 0 Å². The van der Waals surface area contributed by atoms with E-state index in [4.69, 9.17) is 17.3 Å². The summed E-state index contributed by atoms with van der Waals surface area (Å²) < 4.78 is 0. The summed E-state index contributed by atoms with van der Waals surface area (Å²) in [5.74, 6) is -0.576. The molecule has 2 amide bonds. The molecule has 5 nitrogen and oxygen atoms in total. The van der Waals surface area contributed by atoms with Crippen molar-refractivity contribution in [2.24, 2.45) is 0 Å². The Bertz CT molecular complexity index is 476. The highest BCUT2D eigenvalue weighted by Crippen LogP contribution is 2.24. The molecule has 1 aliphatic heterocycles. The minimum atomic E-state index is -0.450. The van der Waals surface area contributed by atoms with Crippen LogP contribution in [0, 0.1) is 0 Å². The molecule has 0 radical (unpaired) electrons. The summed E-state index contributed by atoms with van der Waals surface area (Å²) >= 11 is 5.84. The normalized spacial score (nSPS) is 19.9. The lowest BCUT2D eigenvalue weighted by atomic mass is 10.1. The lowest BCUT2D eigenvalue weighted by molar-refractivity contribution is -0.133. The number of hydrogen-bond acceptors (Lipinski definition) is 4. The molecule has 1 aromatic carbocycles. The van der Waals surface area contributed by atoms with E-state index in [1.807, 2.05) is 0 Å². The molecule has 1 aromatic rings. The number of carbonyl (C=O) groups excluding carboxylic acids is 2. The number of nitrogens with one attached hydrogen (secondary N) is 2. The van der Waals surface area contributed by atoms with E-state index in [1.54, 1.807) is 18.2 Å². The Hall–Kier alpha value is -1.75. The fraction of sp³-hybridized carbons (Fsp3) is 0.273. The Balaban J connectivity index is 2.13. The van der Waals surface area contributed by atoms with Gasteiger partial charge >= 0.3 is 0 Å². The average molecular weight is 254 g/mol. The average Bonchev–Trinajstić information content (AvgIpc) is 2.27. The van der Waals surface area contributed by atoms with E-state index >= 15 is 0 Å². The van der Waals surface area contributed by atoms with Crippen LogP contribution in [-0.4, -0.2) is 17.9 Å². The summed E-state index contributed by atoms with van der Waals surface area (Å²) in [5, 5.41) is 5.79. The van der Waals surface area contributed by atoms with Gasteiger partial charge in [-0.05, 0) is 24.6 Å². The molecule has 17 heavy (non-hydrogen) atoms. The van der Waals surface area contributed by atoms with Gasteiger partial charge < -0.3 is 11.1 Å². The lowest BCUT2D eigenvalue weighted by Gasteiger charge is -2.23. The zero-order chi connectivity index (χ0) is 12.4. The molecular weight excluding hydrogens is 242 g/mol. The molecule has 1 unspecified atom stereocenters. The van der Waals surface area contributed by atoms with Crippen LogP contribution in [0.4, 0.5) is 11.4 Å². The standard InChI is InChI=1S/C11H12ClN3O2/c12-6-1-2-7(13)9(5-6)14-8-3-4-10(16)15-11(8)17/h1-2,5,8,14H,3-4,13H2,(H,15,16,17). The summed E-state index contributed by atoms with van der Waals surface area (Å²) in [4.78, 5) is 22.5. The molecule has 1 atom stereocenters. The van der Waals surface area contributed by atoms with Gasteiger partial charge in [0.15, 0.2) is 0 Å². The van der Waals surface area contributed by atoms with Crippen LogP contribution < -0.4 is 16.4 Å². The van der Waals surface area contributed by atoms with Crippen molar-refractivity contribution in [1.29, 1.82) is 0 Å². The quantitative estimate of drug-likeness (QED) is 0.545. The lowest BCUT2D eigenvalue weighted by Crippen LogP contribution is -2.47. The van der Waals surface area contributed by atoms with Crippen LogP contribution in [0.25, 0.3) is 0 Å². The molecule has 1 heterocycles. The van der Waals surface area contributed by atoms with Gasteiger partial charge in [0, 0.05) is 11.4 Å². The van der Waals surface area contributed by atoms with E-state index in [1.165, 1.54) is 0 Å². The van der Waals surface area contributed by atoms with Crippen LogP contribution in [0.5, 0.6) is 0 Å². The third-order valence-electron chi connectivity index (χ3n) is 2.58. The predicted octanol–water partition coefficient (Wildman–Crippen LogP) is 1.14. The Morgan fingerprint density at radius 3 is 2.88 bits per heavy atom. The summed E-state index contributed by atoms with van der Waals surface area (Å²) in [6, 6.07) is 4.54. The van der Waals surface area contributed by atoms with E-state index in [-0.39, 0.29) is 11.8 Å². The fourth-order valence-electron chi connectivity index (χ4n) is 1.67. The van der Waals surface area contributed by atoms with E-state index in [2.05, 4.69) is 10.6 Å². The zero-order valence-electron chi connectivity index (χ0n) is 9.00. The molecule has 0 bridgehead atoms. The van der Waals surface area contributed by atoms with Crippen molar-refractivity contribution >= 4 is 34.8 Å². The molecule has 6 heteroatoms. The third kappa shape index (κ3) is 2.68. The number of hydrogen-bond donors (Lipinski definition) is 3. The molecule has 1 fully saturated rings. The predicted molar refractivity (Wildman–Crippen MR) is 65.7 cm³/mol. The van der Waals surface area contributed by atoms with Gasteiger partial charge in [0.05, 0.1) is 11.4 Å². The van der Waals surface area contributed by atoms with Crippen LogP contribution >= 0.6 is 11.6 Å². The Morgan fingerprint density at radius 1 is 1.41 bits per heavy atom. The van der Waals surface area contributed by atoms with E-state index in [0.29, 0.717) is 29.2 Å². The largest absolute Gasteiger partial charge is 0.397 e. The second-order valence-corrected chi connectivity index (χ2v) is 4.32. The summed E-state index contributed by atoms with van der Waals surface area (Å²) in [5.41, 5.74) is 6.88. The molecule has 90 valence electrons. The third-order valence-corrected chi connectivity index (χ3v) is 2.82. The number of benzene rings is 1. The smallest absolute Gasteiger partial charge is 0.249 e. The maximum atomic E-state index is 11.5. The van der Waals surface area contributed by atoms with Crippen molar-refractivity contribution in [2.75, 3.05) is 11.1 Å². The molecule has 4 N–H and O–H groups in total. The molecule has 2 rings (SSSR count). The number of piperidine rings is 1. The molecule has 1 aliphatic rings. The van der Waals surface area contributed by atoms with Crippen molar-refractivity contribution in [3.8, 4) is 0 Å². The van der Waals surface area contributed by atoms with Crippen molar-refractivity contribution in [1.82, 2.24) is 5.32 Å². The first kappa shape index (κ1) is 11.7. The summed E-state index contributed by atoms with van der Waals surface area (Å²) in [6.45, 7) is 0. The first-order valence-electron chi connectivity index (χ1n) is 5.21. The SMILES string of the molecule is Nc1ccc(Cl)cc1NC1CCC(=O)NC1=O. The van der Waals surface area contributed by atoms with E-state index < -0.39 is 6.04 Å². The number of amides is 2. The Morgan fingerprint density at radius 2 is 2.18 bits per heavy atom. The maximum absolute atomic E-state index is 11.5. The number of rotatable bonds is 2. The van der Waals surface area contributed by atoms with Gasteiger partial charge in [-0.1, -0.05) is 11.6 Å². The van der Waals surface area contributed by atoms with Crippen LogP contribution in [0.1, 0.15) is 12.8 Å². The zero-order valence-corrected chi connectivity index (χ0v) is 9.75. The highest BCUT2D eigenvalue weighted by Gasteiger charge is 2.26. The maximum Gasteiger partial charge on any atom is 0.249 e. The van der Waals surface area contributed by atoms with Gasteiger partial charge in [-0.2, -0.15) is 0 Å². The van der Waals surface area contributed by atoms with Gasteiger partial charge in [-0.15, -0.1) is 0 Å². The minimum Gasteiger partial charge on any atom is -0.397 e. The first-order valence-corrected chi connectivity index (χ1v) is 5.59. The Labute approximate surface area is 103 Å². The van der Waals surface area contributed by atoms with E-state index in [9.17, 15) is 9.59 Å². The Kier molecular flexibility index (Phi) is 3.19. The highest BCUT2D eigenvalue weighted by atomic mass is 35.5. The topological polar surface area (TPSA) is 84.2 Å². The van der Waals surface area contributed by atoms with E-state index in [0.717, 1.165) is 0 Å². The van der Waals surface area contributed by atoms with Crippen molar-refractivity contribution < 1.29 is 9.59 Å². The first-order chi connectivity index (χ1) is 8.06. The molecule has 0 aliphatic carbocycles. The molecule has 1 saturated heterocycles. The van der Waals surface area contributed by atoms with Gasteiger partial charge in [0.1, 0.15) is 6.04 Å². The van der Waals surface area contributed by atoms with Crippen LogP contribution in [-0.2, 0) is 9.59 Å². The van der Waals surface area contributed by atoms with Crippen LogP contribution in [0.2, 0.25) is 5.02 Å². The number of anilines is 2. The highest BCUT2D eigenvalue weighted by molar-refractivity contribution is 6.31. The number of imide groups is 1. The fourth-order valence-corrected chi connectivity index (χ4v) is 1.84. The van der Waals surface area contributed by atoms with Gasteiger partial charge in [-0.25, -0.2) is 0 Å². The number of halogens is 1. The second kappa shape index (κ2) is 4.63. The van der Waals surface area contributed by atoms with Crippen molar-refractivity contribution in [2.45, 2.75) is 18.9 Å². The van der Waals surface area contributed by atoms with Gasteiger partial charge in [0.2, 0.25) is 11.8 Å². The molecule has 0 spiro atoms. The number of nitrogen functional groups attached to an aromatic ring is 1. The molecule has 0 aromatic heterocycles. The summed E-state index contributed by atoms with van der Waals surface area (Å²) in [6.07, 6.45) is 0.778. The van der Waals surface area contributed by atoms with Crippen LogP contribution in [0.3, 0.4) is 0 Å². The second-order valence-electron chi connectivity index (χ2n) is 3.88. The number of nitrogens with two attached hydrogens (primary N) is 1. The number of carbonyl (C=O) groups is 2. The molecule has 0 saturated carbocycles. The van der Waals surface area contributed by atoms with Crippen molar-refractivity contribution in [3.63, 3.8) is 0 Å². The summed E-state index contributed by atoms with van der Waals surface area (Å²) in [7, 11) is 0. The van der Waals surface area contributed by atoms with Gasteiger partial charge in [-0.3, -0.25) is 14.9 Å². The minimum absolute atomic E-state index is 0.243. The monoisotopic (exact) mass is 253 g/mol. The van der Waals surface area contributed by atoms with Crippen LogP contribution in [0.15, 0.2) is 18.2 Å². The van der Waals surface area contributed by atoms with Crippen molar-refractivity contribution in [3.05, 3.63) is 23.2 Å². The molecular formula is C11H12ClN3O2.